The highest BCUT2D eigenvalue weighted by molar-refractivity contribution is 5.02. The van der Waals surface area contributed by atoms with Gasteiger partial charge in [-0.25, -0.2) is 4.79 Å². The first kappa shape index (κ1) is 15.7. The SMILES string of the molecule is CC(C)C(CCO)NCc1cc(=O)n(C)c(=O)n1C. The minimum atomic E-state index is -0.326. The van der Waals surface area contributed by atoms with Crippen molar-refractivity contribution in [1.29, 1.82) is 0 Å². The molecular formula is C13H23N3O3. The molecule has 19 heavy (non-hydrogen) atoms. The van der Waals surface area contributed by atoms with Gasteiger partial charge in [0.25, 0.3) is 5.56 Å². The highest BCUT2D eigenvalue weighted by Gasteiger charge is 2.13. The fourth-order valence-electron chi connectivity index (χ4n) is 1.99. The van der Waals surface area contributed by atoms with Crippen molar-refractivity contribution in [2.45, 2.75) is 32.9 Å². The summed E-state index contributed by atoms with van der Waals surface area (Å²) in [5, 5.41) is 12.3. The lowest BCUT2D eigenvalue weighted by molar-refractivity contribution is 0.243. The Hall–Kier alpha value is -1.40. The van der Waals surface area contributed by atoms with Crippen molar-refractivity contribution in [2.75, 3.05) is 6.61 Å². The molecule has 2 N–H and O–H groups in total. The Morgan fingerprint density at radius 3 is 2.42 bits per heavy atom. The summed E-state index contributed by atoms with van der Waals surface area (Å²) in [5.74, 6) is 0.371. The van der Waals surface area contributed by atoms with Gasteiger partial charge in [-0.1, -0.05) is 13.8 Å². The minimum absolute atomic E-state index is 0.116. The molecule has 0 bridgehead atoms. The molecule has 1 unspecified atom stereocenters. The monoisotopic (exact) mass is 269 g/mol. The number of aliphatic hydroxyl groups excluding tert-OH is 1. The van der Waals surface area contributed by atoms with E-state index in [1.165, 1.54) is 17.7 Å². The van der Waals surface area contributed by atoms with E-state index in [0.29, 0.717) is 24.6 Å². The van der Waals surface area contributed by atoms with E-state index in [0.717, 1.165) is 4.57 Å². The lowest BCUT2D eigenvalue weighted by Crippen LogP contribution is -2.41. The molecule has 0 fully saturated rings. The van der Waals surface area contributed by atoms with Crippen molar-refractivity contribution < 1.29 is 5.11 Å². The van der Waals surface area contributed by atoms with E-state index < -0.39 is 0 Å². The predicted molar refractivity (Wildman–Crippen MR) is 74.1 cm³/mol. The molecule has 0 saturated heterocycles. The van der Waals surface area contributed by atoms with Gasteiger partial charge >= 0.3 is 5.69 Å². The summed E-state index contributed by atoms with van der Waals surface area (Å²) in [6, 6.07) is 1.62. The molecule has 6 heteroatoms. The van der Waals surface area contributed by atoms with Crippen LogP contribution in [0.1, 0.15) is 26.0 Å². The van der Waals surface area contributed by atoms with Crippen LogP contribution >= 0.6 is 0 Å². The average Bonchev–Trinajstić information content (AvgIpc) is 2.37. The van der Waals surface area contributed by atoms with Crippen LogP contribution in [0.3, 0.4) is 0 Å². The minimum Gasteiger partial charge on any atom is -0.396 e. The maximum atomic E-state index is 11.8. The van der Waals surface area contributed by atoms with Gasteiger partial charge in [0, 0.05) is 45.0 Å². The zero-order chi connectivity index (χ0) is 14.6. The molecule has 6 nitrogen and oxygen atoms in total. The first-order chi connectivity index (χ1) is 8.88. The second-order valence-electron chi connectivity index (χ2n) is 5.12. The van der Waals surface area contributed by atoms with E-state index in [4.69, 9.17) is 5.11 Å². The van der Waals surface area contributed by atoms with Crippen LogP contribution in [0.2, 0.25) is 0 Å². The zero-order valence-electron chi connectivity index (χ0n) is 12.0. The molecule has 0 saturated carbocycles. The van der Waals surface area contributed by atoms with Crippen LogP contribution in [-0.4, -0.2) is 26.9 Å². The standard InChI is InChI=1S/C13H23N3O3/c1-9(2)11(5-6-17)14-8-10-7-12(18)16(4)13(19)15(10)3/h7,9,11,14,17H,5-6,8H2,1-4H3. The van der Waals surface area contributed by atoms with Gasteiger partial charge in [-0.3, -0.25) is 13.9 Å². The van der Waals surface area contributed by atoms with E-state index in [9.17, 15) is 9.59 Å². The Morgan fingerprint density at radius 2 is 1.89 bits per heavy atom. The molecule has 1 atom stereocenters. The highest BCUT2D eigenvalue weighted by Crippen LogP contribution is 2.06. The van der Waals surface area contributed by atoms with Crippen LogP contribution in [0.5, 0.6) is 0 Å². The van der Waals surface area contributed by atoms with E-state index in [1.54, 1.807) is 7.05 Å². The van der Waals surface area contributed by atoms with Crippen molar-refractivity contribution >= 4 is 0 Å². The molecule has 1 rings (SSSR count). The van der Waals surface area contributed by atoms with Gasteiger partial charge in [-0.15, -0.1) is 0 Å². The van der Waals surface area contributed by atoms with E-state index >= 15 is 0 Å². The van der Waals surface area contributed by atoms with Crippen LogP contribution in [-0.2, 0) is 20.6 Å². The summed E-state index contributed by atoms with van der Waals surface area (Å²) >= 11 is 0. The van der Waals surface area contributed by atoms with Crippen LogP contribution in [0.15, 0.2) is 15.7 Å². The Morgan fingerprint density at radius 1 is 1.26 bits per heavy atom. The second kappa shape index (κ2) is 6.68. The molecule has 108 valence electrons. The molecule has 1 aromatic rings. The summed E-state index contributed by atoms with van der Waals surface area (Å²) in [7, 11) is 3.11. The number of nitrogens with zero attached hydrogens (tertiary/aromatic N) is 2. The third-order valence-corrected chi connectivity index (χ3v) is 3.42. The van der Waals surface area contributed by atoms with Crippen molar-refractivity contribution in [1.82, 2.24) is 14.5 Å². The molecule has 0 amide bonds. The lowest BCUT2D eigenvalue weighted by atomic mass is 10.0. The largest absolute Gasteiger partial charge is 0.396 e. The maximum absolute atomic E-state index is 11.8. The number of aromatic nitrogens is 2. The predicted octanol–water partition coefficient (Wildman–Crippen LogP) is -0.419. The van der Waals surface area contributed by atoms with Crippen LogP contribution in [0.25, 0.3) is 0 Å². The topological polar surface area (TPSA) is 76.3 Å². The molecule has 1 heterocycles. The molecule has 0 radical (unpaired) electrons. The van der Waals surface area contributed by atoms with Crippen molar-refractivity contribution in [3.63, 3.8) is 0 Å². The Bertz CT molecular complexity index is 531. The van der Waals surface area contributed by atoms with Crippen LogP contribution in [0, 0.1) is 5.92 Å². The van der Waals surface area contributed by atoms with Crippen LogP contribution in [0.4, 0.5) is 0 Å². The van der Waals surface area contributed by atoms with Gasteiger partial charge in [0.2, 0.25) is 0 Å². The molecule has 0 aliphatic rings. The normalized spacial score (nSPS) is 12.9. The van der Waals surface area contributed by atoms with Gasteiger partial charge in [-0.2, -0.15) is 0 Å². The number of nitrogens with one attached hydrogen (secondary N) is 1. The quantitative estimate of drug-likeness (QED) is 0.735. The Labute approximate surface area is 112 Å². The van der Waals surface area contributed by atoms with Gasteiger partial charge < -0.3 is 10.4 Å². The van der Waals surface area contributed by atoms with E-state index in [1.807, 2.05) is 0 Å². The fourth-order valence-corrected chi connectivity index (χ4v) is 1.99. The first-order valence-corrected chi connectivity index (χ1v) is 6.48. The molecule has 0 spiro atoms. The smallest absolute Gasteiger partial charge is 0.330 e. The van der Waals surface area contributed by atoms with Gasteiger partial charge in [0.15, 0.2) is 0 Å². The van der Waals surface area contributed by atoms with Crippen molar-refractivity contribution in [3.8, 4) is 0 Å². The van der Waals surface area contributed by atoms with Crippen molar-refractivity contribution in [3.05, 3.63) is 32.6 Å². The average molecular weight is 269 g/mol. The summed E-state index contributed by atoms with van der Waals surface area (Å²) in [5.41, 5.74) is 0.0207. The highest BCUT2D eigenvalue weighted by atomic mass is 16.3. The third-order valence-electron chi connectivity index (χ3n) is 3.42. The second-order valence-corrected chi connectivity index (χ2v) is 5.12. The number of hydrogen-bond acceptors (Lipinski definition) is 4. The Kier molecular flexibility index (Phi) is 5.50. The lowest BCUT2D eigenvalue weighted by Gasteiger charge is -2.22. The molecule has 0 aliphatic carbocycles. The first-order valence-electron chi connectivity index (χ1n) is 6.48. The van der Waals surface area contributed by atoms with E-state index in [-0.39, 0.29) is 23.9 Å². The zero-order valence-corrected chi connectivity index (χ0v) is 12.0. The summed E-state index contributed by atoms with van der Waals surface area (Å²) in [4.78, 5) is 23.4. The summed E-state index contributed by atoms with van der Waals surface area (Å²) in [6.07, 6.45) is 0.649. The molecule has 0 aliphatic heterocycles. The Balaban J connectivity index is 2.89. The van der Waals surface area contributed by atoms with Gasteiger partial charge in [0.1, 0.15) is 0 Å². The van der Waals surface area contributed by atoms with Gasteiger partial charge in [-0.05, 0) is 12.3 Å². The number of hydrogen-bond donors (Lipinski definition) is 2. The number of aliphatic hydroxyl groups is 1. The number of rotatable bonds is 6. The summed E-state index contributed by atoms with van der Waals surface area (Å²) in [6.45, 7) is 4.68. The molecule has 1 aromatic heterocycles. The third kappa shape index (κ3) is 3.78. The molecule has 0 aromatic carbocycles. The van der Waals surface area contributed by atoms with Crippen LogP contribution < -0.4 is 16.6 Å². The van der Waals surface area contributed by atoms with Crippen molar-refractivity contribution in [2.24, 2.45) is 20.0 Å². The maximum Gasteiger partial charge on any atom is 0.330 e. The van der Waals surface area contributed by atoms with Gasteiger partial charge in [0.05, 0.1) is 0 Å². The summed E-state index contributed by atoms with van der Waals surface area (Å²) < 4.78 is 2.54. The molecular weight excluding hydrogens is 246 g/mol. The fraction of sp³-hybridized carbons (Fsp3) is 0.692. The van der Waals surface area contributed by atoms with E-state index in [2.05, 4.69) is 19.2 Å².